The normalized spacial score (nSPS) is 15.2. The van der Waals surface area contributed by atoms with E-state index in [1.165, 1.54) is 29.6 Å². The maximum Gasteiger partial charge on any atom is 0.352 e. The summed E-state index contributed by atoms with van der Waals surface area (Å²) in [6.07, 6.45) is 1.41. The van der Waals surface area contributed by atoms with E-state index in [4.69, 9.17) is 4.74 Å². The molecule has 0 aliphatic carbocycles. The molecule has 0 spiro atoms. The summed E-state index contributed by atoms with van der Waals surface area (Å²) in [5.74, 6) is -1.66. The van der Waals surface area contributed by atoms with Crippen LogP contribution in [0.15, 0.2) is 48.5 Å². The molecule has 0 atom stereocenters. The van der Waals surface area contributed by atoms with Crippen LogP contribution < -0.4 is 4.74 Å². The highest BCUT2D eigenvalue weighted by atomic mass is 32.2. The number of halogens is 2. The number of ether oxygens (including phenoxy) is 1. The largest absolute Gasteiger partial charge is 0.493 e. The van der Waals surface area contributed by atoms with Gasteiger partial charge >= 0.3 is 5.97 Å². The minimum Gasteiger partial charge on any atom is -0.493 e. The Morgan fingerprint density at radius 3 is 2.60 bits per heavy atom. The summed E-state index contributed by atoms with van der Waals surface area (Å²) in [5, 5.41) is 17.2. The van der Waals surface area contributed by atoms with Gasteiger partial charge in [0.25, 0.3) is 0 Å². The number of hydrogen-bond donors (Lipinski definition) is 1. The van der Waals surface area contributed by atoms with E-state index in [0.717, 1.165) is 11.1 Å². The number of aryl methyl sites for hydroxylation is 3. The third-order valence-corrected chi connectivity index (χ3v) is 10.4. The summed E-state index contributed by atoms with van der Waals surface area (Å²) < 4.78 is 66.6. The highest BCUT2D eigenvalue weighted by molar-refractivity contribution is 7.89. The van der Waals surface area contributed by atoms with Crippen molar-refractivity contribution in [1.29, 1.82) is 0 Å². The number of nitrogens with zero attached hydrogens (tertiary/aromatic N) is 4. The standard InChI is InChI=1S/C33H34F2N4O5S/c1-4-27-30-26(36-38(27)3)19-37(2)45(42,43)17-7-15-39-31-24(13-14-25(35)29(30)31)23(32(39)33(40)41)9-6-16-44-28-10-5-8-20-18-21(34)11-12-22(20)28/h5,8,10-14,18H,4,6-7,9,15-17,19H2,1-3H3,(H,40,41). The van der Waals surface area contributed by atoms with Crippen LogP contribution in [-0.2, 0) is 43.0 Å². The molecule has 236 valence electrons. The van der Waals surface area contributed by atoms with Crippen molar-refractivity contribution in [2.75, 3.05) is 19.4 Å². The fourth-order valence-electron chi connectivity index (χ4n) is 6.53. The minimum atomic E-state index is -3.69. The maximum absolute atomic E-state index is 16.1. The minimum absolute atomic E-state index is 0.00553. The van der Waals surface area contributed by atoms with E-state index in [1.807, 2.05) is 6.92 Å². The highest BCUT2D eigenvalue weighted by Crippen LogP contribution is 2.41. The molecule has 9 nitrogen and oxygen atoms in total. The summed E-state index contributed by atoms with van der Waals surface area (Å²) in [6, 6.07) is 12.8. The Labute approximate surface area is 259 Å². The third kappa shape index (κ3) is 5.46. The lowest BCUT2D eigenvalue weighted by molar-refractivity contribution is 0.0684. The molecule has 0 unspecified atom stereocenters. The summed E-state index contributed by atoms with van der Waals surface area (Å²) in [4.78, 5) is 12.9. The lowest BCUT2D eigenvalue weighted by atomic mass is 9.96. The molecule has 0 amide bonds. The van der Waals surface area contributed by atoms with Crippen LogP contribution in [0.1, 0.15) is 47.2 Å². The van der Waals surface area contributed by atoms with Crippen LogP contribution in [0.25, 0.3) is 32.8 Å². The number of carbonyl (C=O) groups is 1. The van der Waals surface area contributed by atoms with E-state index >= 15 is 4.39 Å². The Bertz CT molecular complexity index is 2070. The van der Waals surface area contributed by atoms with E-state index in [2.05, 4.69) is 5.10 Å². The molecule has 0 saturated carbocycles. The molecule has 6 rings (SSSR count). The van der Waals surface area contributed by atoms with Crippen LogP contribution in [-0.4, -0.2) is 57.6 Å². The maximum atomic E-state index is 16.1. The fourth-order valence-corrected chi connectivity index (χ4v) is 7.65. The Balaban J connectivity index is 1.46. The first kappa shape index (κ1) is 30.7. The van der Waals surface area contributed by atoms with Crippen LogP contribution in [0.3, 0.4) is 0 Å². The third-order valence-electron chi connectivity index (χ3n) is 8.57. The van der Waals surface area contributed by atoms with Crippen molar-refractivity contribution in [2.24, 2.45) is 7.05 Å². The molecule has 1 aliphatic heterocycles. The first-order valence-corrected chi connectivity index (χ1v) is 16.5. The van der Waals surface area contributed by atoms with Gasteiger partial charge in [-0.05, 0) is 73.0 Å². The molecule has 0 fully saturated rings. The van der Waals surface area contributed by atoms with Gasteiger partial charge in [0.05, 0.1) is 30.1 Å². The van der Waals surface area contributed by atoms with Gasteiger partial charge < -0.3 is 14.4 Å². The number of benzene rings is 3. The van der Waals surface area contributed by atoms with Gasteiger partial charge in [-0.2, -0.15) is 9.40 Å². The molecule has 0 radical (unpaired) electrons. The van der Waals surface area contributed by atoms with E-state index < -0.39 is 21.8 Å². The zero-order chi connectivity index (χ0) is 32.0. The number of rotatable bonds is 7. The number of carboxylic acid groups (broad SMARTS) is 1. The van der Waals surface area contributed by atoms with Crippen molar-refractivity contribution in [3.63, 3.8) is 0 Å². The second-order valence-corrected chi connectivity index (χ2v) is 13.5. The monoisotopic (exact) mass is 636 g/mol. The second-order valence-electron chi connectivity index (χ2n) is 11.3. The Kier molecular flexibility index (Phi) is 8.13. The van der Waals surface area contributed by atoms with Gasteiger partial charge in [-0.1, -0.05) is 19.1 Å². The highest BCUT2D eigenvalue weighted by Gasteiger charge is 2.31. The molecular weight excluding hydrogens is 602 g/mol. The fraction of sp³-hybridized carbons (Fsp3) is 0.333. The summed E-state index contributed by atoms with van der Waals surface area (Å²) in [5.41, 5.74) is 2.80. The predicted molar refractivity (Wildman–Crippen MR) is 168 cm³/mol. The summed E-state index contributed by atoms with van der Waals surface area (Å²) >= 11 is 0. The molecule has 3 heterocycles. The average molecular weight is 637 g/mol. The predicted octanol–water partition coefficient (Wildman–Crippen LogP) is 5.91. The quantitative estimate of drug-likeness (QED) is 0.223. The van der Waals surface area contributed by atoms with Gasteiger partial charge in [-0.25, -0.2) is 22.0 Å². The van der Waals surface area contributed by atoms with Gasteiger partial charge in [0.15, 0.2) is 0 Å². The molecule has 0 bridgehead atoms. The Morgan fingerprint density at radius 2 is 1.84 bits per heavy atom. The second kappa shape index (κ2) is 11.9. The molecule has 45 heavy (non-hydrogen) atoms. The van der Waals surface area contributed by atoms with Gasteiger partial charge in [0.1, 0.15) is 23.1 Å². The van der Waals surface area contributed by atoms with Crippen molar-refractivity contribution >= 4 is 37.7 Å². The van der Waals surface area contributed by atoms with Gasteiger partial charge in [-0.15, -0.1) is 0 Å². The average Bonchev–Trinajstić information content (AvgIpc) is 3.47. The van der Waals surface area contributed by atoms with Crippen molar-refractivity contribution in [3.05, 3.63) is 82.8 Å². The summed E-state index contributed by atoms with van der Waals surface area (Å²) in [6.45, 7) is 2.20. The summed E-state index contributed by atoms with van der Waals surface area (Å²) in [7, 11) is -0.473. The topological polar surface area (TPSA) is 107 Å². The number of aromatic nitrogens is 3. The molecule has 3 aromatic carbocycles. The molecule has 1 aliphatic rings. The number of sulfonamides is 1. The van der Waals surface area contributed by atoms with Crippen molar-refractivity contribution in [2.45, 2.75) is 45.7 Å². The molecule has 2 aromatic heterocycles. The smallest absolute Gasteiger partial charge is 0.352 e. The van der Waals surface area contributed by atoms with Crippen LogP contribution in [0.5, 0.6) is 5.75 Å². The molecule has 1 N–H and O–H groups in total. The van der Waals surface area contributed by atoms with Crippen molar-refractivity contribution in [3.8, 4) is 16.9 Å². The van der Waals surface area contributed by atoms with Gasteiger partial charge in [0.2, 0.25) is 10.0 Å². The van der Waals surface area contributed by atoms with E-state index in [1.54, 1.807) is 46.6 Å². The number of fused-ring (bicyclic) bond motifs is 3. The number of aromatic carboxylic acids is 1. The zero-order valence-corrected chi connectivity index (χ0v) is 26.1. The molecular formula is C33H34F2N4O5S. The number of carboxylic acids is 1. The SMILES string of the molecule is CCc1c2c(nn1C)CN(C)S(=O)(=O)CCCn1c(C(=O)O)c(CCCOc3cccc4cc(F)ccc34)c3ccc(F)c-2c31. The van der Waals surface area contributed by atoms with Crippen molar-refractivity contribution < 1.29 is 31.8 Å². The lowest BCUT2D eigenvalue weighted by Crippen LogP contribution is -2.29. The van der Waals surface area contributed by atoms with Crippen molar-refractivity contribution in [1.82, 2.24) is 18.7 Å². The first-order valence-electron chi connectivity index (χ1n) is 14.9. The zero-order valence-electron chi connectivity index (χ0n) is 25.3. The molecule has 5 aromatic rings. The first-order chi connectivity index (χ1) is 21.5. The van der Waals surface area contributed by atoms with Crippen LogP contribution in [0.4, 0.5) is 8.78 Å². The Morgan fingerprint density at radius 1 is 1.07 bits per heavy atom. The number of hydrogen-bond acceptors (Lipinski definition) is 5. The lowest BCUT2D eigenvalue weighted by Gasteiger charge is -2.16. The van der Waals surface area contributed by atoms with Gasteiger partial charge in [-0.3, -0.25) is 4.68 Å². The van der Waals surface area contributed by atoms with E-state index in [0.29, 0.717) is 58.1 Å². The van der Waals surface area contributed by atoms with E-state index in [-0.39, 0.29) is 48.9 Å². The van der Waals surface area contributed by atoms with Gasteiger partial charge in [0, 0.05) is 48.2 Å². The Hall–Kier alpha value is -4.29. The van der Waals surface area contributed by atoms with Crippen LogP contribution in [0, 0.1) is 11.6 Å². The van der Waals surface area contributed by atoms with E-state index in [9.17, 15) is 22.7 Å². The molecule has 0 saturated heterocycles. The van der Waals surface area contributed by atoms with Crippen LogP contribution in [0.2, 0.25) is 0 Å². The van der Waals surface area contributed by atoms with Crippen LogP contribution >= 0.6 is 0 Å². The molecule has 12 heteroatoms.